The third-order valence-electron chi connectivity index (χ3n) is 2.13. The van der Waals surface area contributed by atoms with Crippen LogP contribution in [0, 0.1) is 5.92 Å². The number of hydrogen-bond acceptors (Lipinski definition) is 3. The van der Waals surface area contributed by atoms with E-state index < -0.39 is 18.0 Å². The number of carbonyl (C=O) groups is 2. The zero-order valence-electron chi connectivity index (χ0n) is 8.66. The van der Waals surface area contributed by atoms with Gasteiger partial charge in [-0.15, -0.1) is 0 Å². The number of hydrogen-bond donors (Lipinski definition) is 2. The van der Waals surface area contributed by atoms with Gasteiger partial charge in [-0.3, -0.25) is 0 Å². The summed E-state index contributed by atoms with van der Waals surface area (Å²) in [7, 11) is 0. The van der Waals surface area contributed by atoms with Crippen LogP contribution in [0.1, 0.15) is 6.92 Å². The summed E-state index contributed by atoms with van der Waals surface area (Å²) in [6, 6.07) is 0. The fraction of sp³-hybridized carbons (Fsp3) is 0.273. The Morgan fingerprint density at radius 2 is 2.12 bits per heavy atom. The van der Waals surface area contributed by atoms with Crippen LogP contribution in [0.3, 0.4) is 0 Å². The lowest BCUT2D eigenvalue weighted by Gasteiger charge is -2.21. The summed E-state index contributed by atoms with van der Waals surface area (Å²) in [6.45, 7) is 1.85. The Balaban J connectivity index is 2.68. The molecule has 0 saturated carbocycles. The van der Waals surface area contributed by atoms with Gasteiger partial charge in [0.05, 0.1) is 17.9 Å². The van der Waals surface area contributed by atoms with Gasteiger partial charge in [-0.05, 0) is 6.08 Å². The predicted octanol–water partition coefficient (Wildman–Crippen LogP) is 1.19. The van der Waals surface area contributed by atoms with Crippen molar-refractivity contribution in [3.8, 4) is 0 Å². The molecule has 2 N–H and O–H groups in total. The van der Waals surface area contributed by atoms with E-state index in [9.17, 15) is 9.59 Å². The highest BCUT2D eigenvalue weighted by molar-refractivity contribution is 5.90. The topological polar surface area (TPSA) is 83.8 Å². The summed E-state index contributed by atoms with van der Waals surface area (Å²) in [6.07, 6.45) is 6.14. The first kappa shape index (κ1) is 12.0. The Kier molecular flexibility index (Phi) is 3.88. The molecule has 1 aliphatic rings. The van der Waals surface area contributed by atoms with E-state index in [2.05, 4.69) is 0 Å². The molecule has 0 radical (unpaired) electrons. The molecule has 2 atom stereocenters. The summed E-state index contributed by atoms with van der Waals surface area (Å²) in [5, 5.41) is 17.1. The van der Waals surface area contributed by atoms with Crippen LogP contribution in [0.5, 0.6) is 0 Å². The minimum atomic E-state index is -1.11. The second kappa shape index (κ2) is 5.16. The normalized spacial score (nSPS) is 24.2. The van der Waals surface area contributed by atoms with Gasteiger partial charge in [-0.25, -0.2) is 9.59 Å². The molecule has 0 aromatic heterocycles. The van der Waals surface area contributed by atoms with Gasteiger partial charge in [0.25, 0.3) is 0 Å². The SMILES string of the molecule is CC1C=CC(C(=O)O)=CC1OC=CC(=O)O. The molecule has 0 aromatic rings. The van der Waals surface area contributed by atoms with Gasteiger partial charge in [0, 0.05) is 5.92 Å². The first-order chi connectivity index (χ1) is 7.50. The van der Waals surface area contributed by atoms with Gasteiger partial charge in [-0.1, -0.05) is 19.1 Å². The van der Waals surface area contributed by atoms with E-state index in [1.165, 1.54) is 12.2 Å². The molecule has 5 heteroatoms. The van der Waals surface area contributed by atoms with Crippen LogP contribution in [0.15, 0.2) is 36.1 Å². The quantitative estimate of drug-likeness (QED) is 0.553. The number of carboxylic acids is 2. The highest BCUT2D eigenvalue weighted by atomic mass is 16.5. The average Bonchev–Trinajstić information content (AvgIpc) is 2.20. The maximum atomic E-state index is 10.7. The fourth-order valence-electron chi connectivity index (χ4n) is 1.24. The van der Waals surface area contributed by atoms with Crippen molar-refractivity contribution in [3.63, 3.8) is 0 Å². The van der Waals surface area contributed by atoms with E-state index in [4.69, 9.17) is 14.9 Å². The standard InChI is InChI=1S/C11H12O5/c1-7-2-3-8(11(14)15)6-9(7)16-5-4-10(12)13/h2-7,9H,1H3,(H,12,13)(H,14,15). The molecule has 0 aromatic carbocycles. The van der Waals surface area contributed by atoms with Crippen molar-refractivity contribution in [3.05, 3.63) is 36.1 Å². The fourth-order valence-corrected chi connectivity index (χ4v) is 1.24. The number of carboxylic acid groups (broad SMARTS) is 2. The minimum Gasteiger partial charge on any atom is -0.493 e. The molecule has 0 spiro atoms. The van der Waals surface area contributed by atoms with E-state index in [0.29, 0.717) is 0 Å². The van der Waals surface area contributed by atoms with E-state index in [0.717, 1.165) is 12.3 Å². The van der Waals surface area contributed by atoms with Gasteiger partial charge in [-0.2, -0.15) is 0 Å². The average molecular weight is 224 g/mol. The maximum absolute atomic E-state index is 10.7. The van der Waals surface area contributed by atoms with Gasteiger partial charge in [0.2, 0.25) is 0 Å². The predicted molar refractivity (Wildman–Crippen MR) is 55.7 cm³/mol. The molecule has 2 unspecified atom stereocenters. The number of rotatable bonds is 4. The van der Waals surface area contributed by atoms with Crippen LogP contribution in [0.2, 0.25) is 0 Å². The summed E-state index contributed by atoms with van der Waals surface area (Å²) in [5.41, 5.74) is 0.145. The smallest absolute Gasteiger partial charge is 0.335 e. The van der Waals surface area contributed by atoms with Crippen LogP contribution >= 0.6 is 0 Å². The van der Waals surface area contributed by atoms with Crippen LogP contribution < -0.4 is 0 Å². The lowest BCUT2D eigenvalue weighted by Crippen LogP contribution is -2.20. The van der Waals surface area contributed by atoms with Crippen molar-refractivity contribution < 1.29 is 24.5 Å². The molecule has 1 aliphatic carbocycles. The molecular weight excluding hydrogens is 212 g/mol. The van der Waals surface area contributed by atoms with Crippen LogP contribution in [0.25, 0.3) is 0 Å². The second-order valence-corrected chi connectivity index (χ2v) is 3.39. The third-order valence-corrected chi connectivity index (χ3v) is 2.13. The number of aliphatic carboxylic acids is 2. The Hall–Kier alpha value is -2.04. The molecule has 0 aliphatic heterocycles. The highest BCUT2D eigenvalue weighted by Gasteiger charge is 2.19. The molecule has 86 valence electrons. The van der Waals surface area contributed by atoms with Crippen molar-refractivity contribution in [2.24, 2.45) is 5.92 Å². The van der Waals surface area contributed by atoms with Crippen molar-refractivity contribution in [1.82, 2.24) is 0 Å². The Morgan fingerprint density at radius 3 is 2.69 bits per heavy atom. The summed E-state index contributed by atoms with van der Waals surface area (Å²) in [5.74, 6) is -2.14. The van der Waals surface area contributed by atoms with Gasteiger partial charge in [0.1, 0.15) is 6.10 Å². The first-order valence-corrected chi connectivity index (χ1v) is 4.69. The zero-order valence-corrected chi connectivity index (χ0v) is 8.66. The Morgan fingerprint density at radius 1 is 1.44 bits per heavy atom. The molecule has 5 nitrogen and oxygen atoms in total. The minimum absolute atomic E-state index is 0.00143. The van der Waals surface area contributed by atoms with E-state index in [-0.39, 0.29) is 11.5 Å². The molecule has 16 heavy (non-hydrogen) atoms. The number of ether oxygens (including phenoxy) is 1. The summed E-state index contributed by atoms with van der Waals surface area (Å²) >= 11 is 0. The van der Waals surface area contributed by atoms with E-state index >= 15 is 0 Å². The lowest BCUT2D eigenvalue weighted by atomic mass is 9.95. The molecule has 0 heterocycles. The zero-order chi connectivity index (χ0) is 12.1. The molecule has 0 amide bonds. The summed E-state index contributed by atoms with van der Waals surface area (Å²) < 4.78 is 5.13. The maximum Gasteiger partial charge on any atom is 0.335 e. The van der Waals surface area contributed by atoms with E-state index in [1.807, 2.05) is 6.92 Å². The largest absolute Gasteiger partial charge is 0.493 e. The van der Waals surface area contributed by atoms with Gasteiger partial charge < -0.3 is 14.9 Å². The Labute approximate surface area is 92.3 Å². The highest BCUT2D eigenvalue weighted by Crippen LogP contribution is 2.19. The lowest BCUT2D eigenvalue weighted by molar-refractivity contribution is -0.133. The molecular formula is C11H12O5. The van der Waals surface area contributed by atoms with Gasteiger partial charge in [0.15, 0.2) is 0 Å². The molecule has 0 fully saturated rings. The second-order valence-electron chi connectivity index (χ2n) is 3.39. The first-order valence-electron chi connectivity index (χ1n) is 4.69. The van der Waals surface area contributed by atoms with Crippen molar-refractivity contribution >= 4 is 11.9 Å². The van der Waals surface area contributed by atoms with Crippen LogP contribution in [0.4, 0.5) is 0 Å². The monoisotopic (exact) mass is 224 g/mol. The Bertz CT molecular complexity index is 378. The van der Waals surface area contributed by atoms with Crippen LogP contribution in [-0.4, -0.2) is 28.3 Å². The summed E-state index contributed by atoms with van der Waals surface area (Å²) in [4.78, 5) is 20.9. The van der Waals surface area contributed by atoms with E-state index in [1.54, 1.807) is 6.08 Å². The van der Waals surface area contributed by atoms with Gasteiger partial charge >= 0.3 is 11.9 Å². The molecule has 0 bridgehead atoms. The van der Waals surface area contributed by atoms with Crippen molar-refractivity contribution in [1.29, 1.82) is 0 Å². The van der Waals surface area contributed by atoms with Crippen LogP contribution in [-0.2, 0) is 14.3 Å². The van der Waals surface area contributed by atoms with Crippen molar-refractivity contribution in [2.45, 2.75) is 13.0 Å². The molecule has 1 rings (SSSR count). The third kappa shape index (κ3) is 3.27. The molecule has 0 saturated heterocycles. The van der Waals surface area contributed by atoms with Crippen molar-refractivity contribution in [2.75, 3.05) is 0 Å².